The summed E-state index contributed by atoms with van der Waals surface area (Å²) in [6.45, 7) is 0.711. The van der Waals surface area contributed by atoms with Gasteiger partial charge in [0, 0.05) is 32.3 Å². The van der Waals surface area contributed by atoms with Crippen LogP contribution < -0.4 is 10.1 Å². The first-order chi connectivity index (χ1) is 9.22. The Morgan fingerprint density at radius 1 is 1.42 bits per heavy atom. The van der Waals surface area contributed by atoms with Crippen molar-refractivity contribution in [3.05, 3.63) is 22.8 Å². The molecule has 19 heavy (non-hydrogen) atoms. The molecule has 106 valence electrons. The first-order valence-corrected chi connectivity index (χ1v) is 7.09. The van der Waals surface area contributed by atoms with E-state index in [9.17, 15) is 0 Å². The van der Waals surface area contributed by atoms with Crippen LogP contribution in [0.1, 0.15) is 31.2 Å². The summed E-state index contributed by atoms with van der Waals surface area (Å²) in [5.41, 5.74) is 1.01. The molecule has 0 saturated heterocycles. The fraction of sp³-hybridized carbons (Fsp3) is 0.643. The number of ether oxygens (including phenoxy) is 2. The highest BCUT2D eigenvalue weighted by molar-refractivity contribution is 6.31. The van der Waals surface area contributed by atoms with Crippen LogP contribution >= 0.6 is 11.6 Å². The maximum absolute atomic E-state index is 6.09. The van der Waals surface area contributed by atoms with E-state index in [-0.39, 0.29) is 6.10 Å². The van der Waals surface area contributed by atoms with Crippen LogP contribution in [0, 0.1) is 0 Å². The fourth-order valence-corrected chi connectivity index (χ4v) is 2.61. The first-order valence-electron chi connectivity index (χ1n) is 6.71. The Kier molecular flexibility index (Phi) is 5.43. The number of nitrogens with one attached hydrogen (secondary N) is 1. The first kappa shape index (κ1) is 14.6. The minimum Gasteiger partial charge on any atom is -0.474 e. The molecular weight excluding hydrogens is 264 g/mol. The second-order valence-corrected chi connectivity index (χ2v) is 5.32. The second kappa shape index (κ2) is 7.08. The molecule has 1 saturated carbocycles. The lowest BCUT2D eigenvalue weighted by Crippen LogP contribution is -2.29. The quantitative estimate of drug-likeness (QED) is 0.903. The molecule has 2 unspecified atom stereocenters. The maximum Gasteiger partial charge on any atom is 0.213 e. The topological polar surface area (TPSA) is 43.4 Å². The number of rotatable bonds is 5. The molecule has 0 radical (unpaired) electrons. The fourth-order valence-electron chi connectivity index (χ4n) is 2.44. The molecule has 1 fully saturated rings. The van der Waals surface area contributed by atoms with E-state index in [1.54, 1.807) is 13.3 Å². The molecule has 1 aliphatic carbocycles. The summed E-state index contributed by atoms with van der Waals surface area (Å²) in [6, 6.07) is 1.91. The summed E-state index contributed by atoms with van der Waals surface area (Å²) in [6.07, 6.45) is 6.40. The Labute approximate surface area is 119 Å². The van der Waals surface area contributed by atoms with E-state index >= 15 is 0 Å². The molecule has 2 rings (SSSR count). The standard InChI is InChI=1S/C14H21ClN2O2/c1-16-8-10-6-14(17-9-13(10)15)19-12-5-3-4-11(7-12)18-2/h6,9,11-12,16H,3-5,7-8H2,1-2H3. The van der Waals surface area contributed by atoms with Gasteiger partial charge in [0.1, 0.15) is 6.10 Å². The van der Waals surface area contributed by atoms with E-state index in [2.05, 4.69) is 10.3 Å². The van der Waals surface area contributed by atoms with Gasteiger partial charge < -0.3 is 14.8 Å². The molecule has 2 atom stereocenters. The smallest absolute Gasteiger partial charge is 0.213 e. The third-order valence-electron chi connectivity index (χ3n) is 3.48. The molecule has 0 spiro atoms. The van der Waals surface area contributed by atoms with E-state index in [0.29, 0.717) is 23.6 Å². The number of hydrogen-bond acceptors (Lipinski definition) is 4. The van der Waals surface area contributed by atoms with Crippen molar-refractivity contribution in [2.75, 3.05) is 14.2 Å². The van der Waals surface area contributed by atoms with Crippen LogP contribution in [0.2, 0.25) is 5.02 Å². The minimum atomic E-state index is 0.190. The average Bonchev–Trinajstić information content (AvgIpc) is 2.43. The zero-order chi connectivity index (χ0) is 13.7. The predicted octanol–water partition coefficient (Wildman–Crippen LogP) is 2.79. The van der Waals surface area contributed by atoms with Gasteiger partial charge in [-0.2, -0.15) is 0 Å². The molecule has 1 aromatic rings. The molecule has 1 heterocycles. The van der Waals surface area contributed by atoms with Crippen LogP contribution in [-0.4, -0.2) is 31.3 Å². The van der Waals surface area contributed by atoms with Crippen molar-refractivity contribution in [1.82, 2.24) is 10.3 Å². The second-order valence-electron chi connectivity index (χ2n) is 4.91. The van der Waals surface area contributed by atoms with E-state index < -0.39 is 0 Å². The molecule has 0 amide bonds. The van der Waals surface area contributed by atoms with Crippen molar-refractivity contribution in [3.8, 4) is 5.88 Å². The van der Waals surface area contributed by atoms with Gasteiger partial charge in [-0.1, -0.05) is 11.6 Å². The lowest BCUT2D eigenvalue weighted by Gasteiger charge is -2.28. The van der Waals surface area contributed by atoms with Crippen LogP contribution in [0.25, 0.3) is 0 Å². The monoisotopic (exact) mass is 284 g/mol. The van der Waals surface area contributed by atoms with E-state index in [0.717, 1.165) is 31.2 Å². The number of halogens is 1. The number of hydrogen-bond donors (Lipinski definition) is 1. The molecular formula is C14H21ClN2O2. The van der Waals surface area contributed by atoms with Gasteiger partial charge in [0.2, 0.25) is 5.88 Å². The number of nitrogens with zero attached hydrogens (tertiary/aromatic N) is 1. The third-order valence-corrected chi connectivity index (χ3v) is 3.82. The van der Waals surface area contributed by atoms with E-state index in [4.69, 9.17) is 21.1 Å². The maximum atomic E-state index is 6.09. The van der Waals surface area contributed by atoms with Crippen LogP contribution in [0.15, 0.2) is 12.3 Å². The highest BCUT2D eigenvalue weighted by atomic mass is 35.5. The van der Waals surface area contributed by atoms with Crippen molar-refractivity contribution >= 4 is 11.6 Å². The van der Waals surface area contributed by atoms with Crippen LogP contribution in [0.5, 0.6) is 5.88 Å². The van der Waals surface area contributed by atoms with Gasteiger partial charge in [0.15, 0.2) is 0 Å². The molecule has 0 aliphatic heterocycles. The number of pyridine rings is 1. The highest BCUT2D eigenvalue weighted by Crippen LogP contribution is 2.26. The molecule has 5 heteroatoms. The zero-order valence-electron chi connectivity index (χ0n) is 11.5. The van der Waals surface area contributed by atoms with Crippen molar-refractivity contribution < 1.29 is 9.47 Å². The molecule has 0 bridgehead atoms. The van der Waals surface area contributed by atoms with Crippen molar-refractivity contribution in [3.63, 3.8) is 0 Å². The summed E-state index contributed by atoms with van der Waals surface area (Å²) in [5, 5.41) is 3.75. The van der Waals surface area contributed by atoms with Gasteiger partial charge >= 0.3 is 0 Å². The van der Waals surface area contributed by atoms with Crippen molar-refractivity contribution in [2.24, 2.45) is 0 Å². The largest absolute Gasteiger partial charge is 0.474 e. The molecule has 1 aliphatic rings. The summed E-state index contributed by atoms with van der Waals surface area (Å²) in [7, 11) is 3.65. The highest BCUT2D eigenvalue weighted by Gasteiger charge is 2.23. The Morgan fingerprint density at radius 3 is 2.95 bits per heavy atom. The predicted molar refractivity (Wildman–Crippen MR) is 75.7 cm³/mol. The SMILES string of the molecule is CNCc1cc(OC2CCCC(OC)C2)ncc1Cl. The van der Waals surface area contributed by atoms with E-state index in [1.807, 2.05) is 13.1 Å². The Morgan fingerprint density at radius 2 is 2.21 bits per heavy atom. The van der Waals surface area contributed by atoms with Crippen LogP contribution in [0.3, 0.4) is 0 Å². The van der Waals surface area contributed by atoms with Gasteiger partial charge in [0.25, 0.3) is 0 Å². The summed E-state index contributed by atoms with van der Waals surface area (Å²) >= 11 is 6.09. The Balaban J connectivity index is 2.00. The van der Waals surface area contributed by atoms with Gasteiger partial charge in [-0.25, -0.2) is 4.98 Å². The van der Waals surface area contributed by atoms with Gasteiger partial charge in [-0.3, -0.25) is 0 Å². The number of aromatic nitrogens is 1. The Hall–Kier alpha value is -0.840. The lowest BCUT2D eigenvalue weighted by molar-refractivity contribution is 0.0195. The molecule has 4 nitrogen and oxygen atoms in total. The molecule has 1 N–H and O–H groups in total. The normalized spacial score (nSPS) is 23.3. The minimum absolute atomic E-state index is 0.190. The molecule has 1 aromatic heterocycles. The summed E-state index contributed by atoms with van der Waals surface area (Å²) in [4.78, 5) is 4.24. The summed E-state index contributed by atoms with van der Waals surface area (Å²) in [5.74, 6) is 0.649. The van der Waals surface area contributed by atoms with Crippen molar-refractivity contribution in [2.45, 2.75) is 44.4 Å². The lowest BCUT2D eigenvalue weighted by atomic mass is 9.95. The molecule has 0 aromatic carbocycles. The van der Waals surface area contributed by atoms with Crippen molar-refractivity contribution in [1.29, 1.82) is 0 Å². The van der Waals surface area contributed by atoms with Crippen LogP contribution in [0.4, 0.5) is 0 Å². The van der Waals surface area contributed by atoms with Crippen LogP contribution in [-0.2, 0) is 11.3 Å². The zero-order valence-corrected chi connectivity index (χ0v) is 12.2. The average molecular weight is 285 g/mol. The van der Waals surface area contributed by atoms with Gasteiger partial charge in [-0.15, -0.1) is 0 Å². The summed E-state index contributed by atoms with van der Waals surface area (Å²) < 4.78 is 11.4. The van der Waals surface area contributed by atoms with E-state index in [1.165, 1.54) is 0 Å². The number of methoxy groups -OCH3 is 1. The third kappa shape index (κ3) is 4.06. The Bertz CT molecular complexity index is 414. The van der Waals surface area contributed by atoms with Gasteiger partial charge in [-0.05, 0) is 31.9 Å². The van der Waals surface area contributed by atoms with Gasteiger partial charge in [0.05, 0.1) is 11.1 Å².